The summed E-state index contributed by atoms with van der Waals surface area (Å²) < 4.78 is 0. The number of carbonyl (C=O) groups is 1. The van der Waals surface area contributed by atoms with Crippen molar-refractivity contribution in [2.75, 3.05) is 10.6 Å². The summed E-state index contributed by atoms with van der Waals surface area (Å²) in [5.41, 5.74) is 7.14. The summed E-state index contributed by atoms with van der Waals surface area (Å²) in [5, 5.41) is 6.56. The van der Waals surface area contributed by atoms with Crippen LogP contribution < -0.4 is 10.6 Å². The molecule has 0 spiro atoms. The molecule has 1 unspecified atom stereocenters. The van der Waals surface area contributed by atoms with E-state index in [0.717, 1.165) is 24.2 Å². The van der Waals surface area contributed by atoms with Gasteiger partial charge in [0.05, 0.1) is 0 Å². The number of rotatable bonds is 5. The van der Waals surface area contributed by atoms with Gasteiger partial charge < -0.3 is 10.6 Å². The van der Waals surface area contributed by atoms with E-state index in [1.807, 2.05) is 24.3 Å². The van der Waals surface area contributed by atoms with Crippen LogP contribution in [0, 0.1) is 26.7 Å². The molecule has 1 fully saturated rings. The zero-order valence-corrected chi connectivity index (χ0v) is 14.9. The van der Waals surface area contributed by atoms with Crippen LogP contribution in [0.1, 0.15) is 48.1 Å². The van der Waals surface area contributed by atoms with E-state index in [1.165, 1.54) is 22.3 Å². The summed E-state index contributed by atoms with van der Waals surface area (Å²) in [5.74, 6) is 0.365. The van der Waals surface area contributed by atoms with Gasteiger partial charge in [0.1, 0.15) is 0 Å². The van der Waals surface area contributed by atoms with E-state index >= 15 is 0 Å². The van der Waals surface area contributed by atoms with Crippen LogP contribution in [0.15, 0.2) is 36.4 Å². The van der Waals surface area contributed by atoms with E-state index in [9.17, 15) is 4.79 Å². The standard InChI is InChI=1S/C21H26N2O/c1-13-10-15(3)20(11-14(13)2)16(4)22-18-6-5-7-19(12-18)23-21(24)17-8-9-17/h5-7,10-12,16-17,22H,8-9H2,1-4H3,(H,23,24). The Morgan fingerprint density at radius 1 is 1.00 bits per heavy atom. The summed E-state index contributed by atoms with van der Waals surface area (Å²) >= 11 is 0. The molecule has 0 saturated heterocycles. The molecular weight excluding hydrogens is 296 g/mol. The molecule has 0 aromatic heterocycles. The Kier molecular flexibility index (Phi) is 4.61. The molecule has 3 nitrogen and oxygen atoms in total. The molecule has 0 radical (unpaired) electrons. The fourth-order valence-electron chi connectivity index (χ4n) is 3.05. The summed E-state index contributed by atoms with van der Waals surface area (Å²) in [6.45, 7) is 8.63. The maximum absolute atomic E-state index is 11.9. The lowest BCUT2D eigenvalue weighted by atomic mass is 9.96. The van der Waals surface area contributed by atoms with E-state index in [1.54, 1.807) is 0 Å². The van der Waals surface area contributed by atoms with Crippen molar-refractivity contribution in [3.63, 3.8) is 0 Å². The van der Waals surface area contributed by atoms with Gasteiger partial charge in [-0.3, -0.25) is 4.79 Å². The van der Waals surface area contributed by atoms with E-state index < -0.39 is 0 Å². The highest BCUT2D eigenvalue weighted by Gasteiger charge is 2.29. The van der Waals surface area contributed by atoms with Crippen LogP contribution in [0.4, 0.5) is 11.4 Å². The molecule has 2 aromatic rings. The molecule has 2 aromatic carbocycles. The summed E-state index contributed by atoms with van der Waals surface area (Å²) in [6.07, 6.45) is 2.04. The number of nitrogens with one attached hydrogen (secondary N) is 2. The highest BCUT2D eigenvalue weighted by Crippen LogP contribution is 2.31. The van der Waals surface area contributed by atoms with Crippen molar-refractivity contribution in [1.29, 1.82) is 0 Å². The molecule has 3 rings (SSSR count). The minimum atomic E-state index is 0.144. The van der Waals surface area contributed by atoms with Crippen molar-refractivity contribution in [2.45, 2.75) is 46.6 Å². The van der Waals surface area contributed by atoms with Gasteiger partial charge in [0.25, 0.3) is 0 Å². The van der Waals surface area contributed by atoms with Gasteiger partial charge in [0.15, 0.2) is 0 Å². The van der Waals surface area contributed by atoms with Gasteiger partial charge >= 0.3 is 0 Å². The Bertz CT molecular complexity index is 762. The molecule has 1 amide bonds. The summed E-state index contributed by atoms with van der Waals surface area (Å²) in [4.78, 5) is 11.9. The van der Waals surface area contributed by atoms with Gasteiger partial charge in [-0.2, -0.15) is 0 Å². The topological polar surface area (TPSA) is 41.1 Å². The maximum atomic E-state index is 11.9. The van der Waals surface area contributed by atoms with Crippen LogP contribution in [0.25, 0.3) is 0 Å². The first-order chi connectivity index (χ1) is 11.4. The first-order valence-electron chi connectivity index (χ1n) is 8.69. The van der Waals surface area contributed by atoms with Crippen molar-refractivity contribution >= 4 is 17.3 Å². The van der Waals surface area contributed by atoms with Crippen molar-refractivity contribution in [1.82, 2.24) is 0 Å². The number of hydrogen-bond acceptors (Lipinski definition) is 2. The summed E-state index contributed by atoms with van der Waals surface area (Å²) in [7, 11) is 0. The average Bonchev–Trinajstić information content (AvgIpc) is 3.36. The molecule has 0 aliphatic heterocycles. The quantitative estimate of drug-likeness (QED) is 0.801. The zero-order chi connectivity index (χ0) is 17.3. The Morgan fingerprint density at radius 3 is 2.38 bits per heavy atom. The van der Waals surface area contributed by atoms with E-state index in [-0.39, 0.29) is 17.9 Å². The number of anilines is 2. The lowest BCUT2D eigenvalue weighted by molar-refractivity contribution is -0.117. The van der Waals surface area contributed by atoms with Crippen LogP contribution in [-0.4, -0.2) is 5.91 Å². The largest absolute Gasteiger partial charge is 0.378 e. The van der Waals surface area contributed by atoms with E-state index in [0.29, 0.717) is 0 Å². The fourth-order valence-corrected chi connectivity index (χ4v) is 3.05. The first-order valence-corrected chi connectivity index (χ1v) is 8.69. The molecule has 0 bridgehead atoms. The highest BCUT2D eigenvalue weighted by molar-refractivity contribution is 5.94. The van der Waals surface area contributed by atoms with Crippen LogP contribution in [0.3, 0.4) is 0 Å². The third kappa shape index (κ3) is 3.78. The van der Waals surface area contributed by atoms with Gasteiger partial charge in [0, 0.05) is 23.3 Å². The Morgan fingerprint density at radius 2 is 1.67 bits per heavy atom. The third-order valence-corrected chi connectivity index (χ3v) is 4.81. The van der Waals surface area contributed by atoms with Crippen LogP contribution in [0.5, 0.6) is 0 Å². The van der Waals surface area contributed by atoms with Crippen molar-refractivity contribution in [2.24, 2.45) is 5.92 Å². The first kappa shape index (κ1) is 16.6. The van der Waals surface area contributed by atoms with Gasteiger partial charge in [-0.25, -0.2) is 0 Å². The molecular formula is C21H26N2O. The second-order valence-electron chi connectivity index (χ2n) is 7.00. The smallest absolute Gasteiger partial charge is 0.227 e. The normalized spacial score (nSPS) is 15.0. The average molecular weight is 322 g/mol. The van der Waals surface area contributed by atoms with Gasteiger partial charge in [-0.15, -0.1) is 0 Å². The number of benzene rings is 2. The number of aryl methyl sites for hydroxylation is 3. The third-order valence-electron chi connectivity index (χ3n) is 4.81. The molecule has 1 aliphatic carbocycles. The molecule has 3 heteroatoms. The minimum absolute atomic E-state index is 0.144. The monoisotopic (exact) mass is 322 g/mol. The molecule has 1 aliphatic rings. The lowest BCUT2D eigenvalue weighted by Crippen LogP contribution is -2.14. The molecule has 126 valence electrons. The van der Waals surface area contributed by atoms with Gasteiger partial charge in [0.2, 0.25) is 5.91 Å². The van der Waals surface area contributed by atoms with Gasteiger partial charge in [-0.1, -0.05) is 18.2 Å². The highest BCUT2D eigenvalue weighted by atomic mass is 16.2. The fraction of sp³-hybridized carbons (Fsp3) is 0.381. The van der Waals surface area contributed by atoms with Crippen molar-refractivity contribution in [3.05, 3.63) is 58.7 Å². The maximum Gasteiger partial charge on any atom is 0.227 e. The minimum Gasteiger partial charge on any atom is -0.378 e. The number of hydrogen-bond donors (Lipinski definition) is 2. The Hall–Kier alpha value is -2.29. The lowest BCUT2D eigenvalue weighted by Gasteiger charge is -2.20. The van der Waals surface area contributed by atoms with Crippen molar-refractivity contribution in [3.8, 4) is 0 Å². The molecule has 1 atom stereocenters. The van der Waals surface area contributed by atoms with Gasteiger partial charge in [-0.05, 0) is 81.0 Å². The Balaban J connectivity index is 1.73. The van der Waals surface area contributed by atoms with Crippen LogP contribution >= 0.6 is 0 Å². The molecule has 1 saturated carbocycles. The zero-order valence-electron chi connectivity index (χ0n) is 14.9. The molecule has 0 heterocycles. The van der Waals surface area contributed by atoms with E-state index in [4.69, 9.17) is 0 Å². The predicted octanol–water partition coefficient (Wildman–Crippen LogP) is 5.13. The summed E-state index contributed by atoms with van der Waals surface area (Å²) in [6, 6.07) is 12.7. The SMILES string of the molecule is Cc1cc(C)c(C(C)Nc2cccc(NC(=O)C3CC3)c2)cc1C. The molecule has 2 N–H and O–H groups in total. The second-order valence-corrected chi connectivity index (χ2v) is 7.00. The van der Waals surface area contributed by atoms with Crippen LogP contribution in [0.2, 0.25) is 0 Å². The number of amides is 1. The second kappa shape index (κ2) is 6.68. The van der Waals surface area contributed by atoms with Crippen molar-refractivity contribution < 1.29 is 4.79 Å². The predicted molar refractivity (Wildman–Crippen MR) is 100 cm³/mol. The van der Waals surface area contributed by atoms with E-state index in [2.05, 4.69) is 50.5 Å². The molecule has 24 heavy (non-hydrogen) atoms. The Labute approximate surface area is 144 Å². The number of carbonyl (C=O) groups excluding carboxylic acids is 1. The van der Waals surface area contributed by atoms with Crippen LogP contribution in [-0.2, 0) is 4.79 Å².